The summed E-state index contributed by atoms with van der Waals surface area (Å²) in [7, 11) is 1.59. The van der Waals surface area contributed by atoms with Crippen LogP contribution < -0.4 is 5.32 Å². The molecular formula is C14H17FN2O2S. The highest BCUT2D eigenvalue weighted by atomic mass is 32.1. The van der Waals surface area contributed by atoms with E-state index in [9.17, 15) is 14.0 Å². The van der Waals surface area contributed by atoms with E-state index >= 15 is 0 Å². The molecule has 0 aliphatic carbocycles. The molecule has 1 heterocycles. The molecule has 6 heteroatoms. The fourth-order valence-corrected chi connectivity index (χ4v) is 2.66. The van der Waals surface area contributed by atoms with E-state index in [4.69, 9.17) is 0 Å². The minimum atomic E-state index is -0.561. The molecule has 1 atom stereocenters. The zero-order chi connectivity index (χ0) is 14.9. The third-order valence-corrected chi connectivity index (χ3v) is 4.07. The predicted octanol–water partition coefficient (Wildman–Crippen LogP) is 1.71. The summed E-state index contributed by atoms with van der Waals surface area (Å²) < 4.78 is 13.2. The van der Waals surface area contributed by atoms with Crippen molar-refractivity contribution in [3.05, 3.63) is 29.6 Å². The standard InChI is InChI=1S/C14H17FN2O2S/c1-14(13(19)16-2)5-6-17(8-14)12(18)9-3-4-10(15)11(20)7-9/h3-4,7,20H,5-6,8H2,1-2H3,(H,16,19). The minimum absolute atomic E-state index is 0.0678. The van der Waals surface area contributed by atoms with E-state index in [1.165, 1.54) is 18.2 Å². The Hall–Kier alpha value is -1.56. The van der Waals surface area contributed by atoms with E-state index in [1.807, 2.05) is 6.92 Å². The molecule has 1 aliphatic heterocycles. The van der Waals surface area contributed by atoms with Gasteiger partial charge in [-0.25, -0.2) is 4.39 Å². The lowest BCUT2D eigenvalue weighted by atomic mass is 9.89. The fraction of sp³-hybridized carbons (Fsp3) is 0.429. The second-order valence-electron chi connectivity index (χ2n) is 5.28. The normalized spacial score (nSPS) is 21.9. The zero-order valence-corrected chi connectivity index (χ0v) is 12.3. The maximum absolute atomic E-state index is 13.2. The molecule has 1 N–H and O–H groups in total. The Morgan fingerprint density at radius 2 is 2.15 bits per heavy atom. The number of benzene rings is 1. The summed E-state index contributed by atoms with van der Waals surface area (Å²) >= 11 is 3.98. The molecule has 20 heavy (non-hydrogen) atoms. The number of amides is 2. The van der Waals surface area contributed by atoms with E-state index in [1.54, 1.807) is 11.9 Å². The summed E-state index contributed by atoms with van der Waals surface area (Å²) in [6.45, 7) is 2.72. The van der Waals surface area contributed by atoms with Crippen LogP contribution in [0.15, 0.2) is 23.1 Å². The van der Waals surface area contributed by atoms with Gasteiger partial charge in [0.2, 0.25) is 5.91 Å². The number of likely N-dealkylation sites (tertiary alicyclic amines) is 1. The molecule has 0 saturated carbocycles. The Bertz CT molecular complexity index is 564. The van der Waals surface area contributed by atoms with Gasteiger partial charge in [-0.05, 0) is 31.5 Å². The molecule has 0 spiro atoms. The van der Waals surface area contributed by atoms with Gasteiger partial charge in [0, 0.05) is 30.6 Å². The average molecular weight is 296 g/mol. The lowest BCUT2D eigenvalue weighted by Crippen LogP contribution is -2.40. The highest BCUT2D eigenvalue weighted by molar-refractivity contribution is 7.80. The summed E-state index contributed by atoms with van der Waals surface area (Å²) in [6.07, 6.45) is 0.618. The molecular weight excluding hydrogens is 279 g/mol. The van der Waals surface area contributed by atoms with Gasteiger partial charge in [0.1, 0.15) is 5.82 Å². The molecule has 108 valence electrons. The van der Waals surface area contributed by atoms with Crippen LogP contribution in [0.25, 0.3) is 0 Å². The van der Waals surface area contributed by atoms with Crippen LogP contribution in [0, 0.1) is 11.2 Å². The first kappa shape index (κ1) is 14.8. The second kappa shape index (κ2) is 5.44. The average Bonchev–Trinajstić information content (AvgIpc) is 2.84. The summed E-state index contributed by atoms with van der Waals surface area (Å²) in [5, 5.41) is 2.62. The molecule has 1 aromatic carbocycles. The van der Waals surface area contributed by atoms with Crippen molar-refractivity contribution in [3.63, 3.8) is 0 Å². The maximum Gasteiger partial charge on any atom is 0.253 e. The zero-order valence-electron chi connectivity index (χ0n) is 11.4. The van der Waals surface area contributed by atoms with Crippen molar-refractivity contribution in [2.45, 2.75) is 18.2 Å². The number of halogens is 1. The van der Waals surface area contributed by atoms with E-state index in [0.717, 1.165) is 0 Å². The van der Waals surface area contributed by atoms with Gasteiger partial charge < -0.3 is 10.2 Å². The highest BCUT2D eigenvalue weighted by Crippen LogP contribution is 2.31. The molecule has 1 unspecified atom stereocenters. The number of carbonyl (C=O) groups is 2. The van der Waals surface area contributed by atoms with Crippen LogP contribution in [0.5, 0.6) is 0 Å². The molecule has 1 aromatic rings. The van der Waals surface area contributed by atoms with Gasteiger partial charge in [-0.15, -0.1) is 12.6 Å². The van der Waals surface area contributed by atoms with Crippen LogP contribution in [0.2, 0.25) is 0 Å². The summed E-state index contributed by atoms with van der Waals surface area (Å²) in [4.78, 5) is 25.9. The minimum Gasteiger partial charge on any atom is -0.359 e. The topological polar surface area (TPSA) is 49.4 Å². The summed E-state index contributed by atoms with van der Waals surface area (Å²) in [5.74, 6) is -0.726. The predicted molar refractivity (Wildman–Crippen MR) is 76.3 cm³/mol. The summed E-state index contributed by atoms with van der Waals surface area (Å²) in [5.41, 5.74) is -0.175. The van der Waals surface area contributed by atoms with Gasteiger partial charge in [-0.2, -0.15) is 0 Å². The molecule has 1 fully saturated rings. The molecule has 0 bridgehead atoms. The molecule has 2 rings (SSSR count). The third-order valence-electron chi connectivity index (χ3n) is 3.73. The van der Waals surface area contributed by atoms with Gasteiger partial charge in [-0.3, -0.25) is 9.59 Å². The largest absolute Gasteiger partial charge is 0.359 e. The number of carbonyl (C=O) groups excluding carboxylic acids is 2. The Morgan fingerprint density at radius 3 is 2.75 bits per heavy atom. The quantitative estimate of drug-likeness (QED) is 0.816. The molecule has 2 amide bonds. The number of hydrogen-bond donors (Lipinski definition) is 2. The van der Waals surface area contributed by atoms with E-state index in [0.29, 0.717) is 25.1 Å². The van der Waals surface area contributed by atoms with Crippen LogP contribution in [0.1, 0.15) is 23.7 Å². The maximum atomic E-state index is 13.2. The van der Waals surface area contributed by atoms with Crippen molar-refractivity contribution >= 4 is 24.4 Å². The van der Waals surface area contributed by atoms with Crippen LogP contribution in [0.3, 0.4) is 0 Å². The monoisotopic (exact) mass is 296 g/mol. The van der Waals surface area contributed by atoms with Gasteiger partial charge in [-0.1, -0.05) is 0 Å². The van der Waals surface area contributed by atoms with Gasteiger partial charge >= 0.3 is 0 Å². The Labute approximate surface area is 122 Å². The van der Waals surface area contributed by atoms with Crippen molar-refractivity contribution in [2.75, 3.05) is 20.1 Å². The number of nitrogens with zero attached hydrogens (tertiary/aromatic N) is 1. The molecule has 0 radical (unpaired) electrons. The molecule has 1 aliphatic rings. The first-order valence-corrected chi connectivity index (χ1v) is 6.82. The van der Waals surface area contributed by atoms with Gasteiger partial charge in [0.05, 0.1) is 5.41 Å². The van der Waals surface area contributed by atoms with Crippen molar-refractivity contribution in [2.24, 2.45) is 5.41 Å². The fourth-order valence-electron chi connectivity index (χ4n) is 2.45. The molecule has 4 nitrogen and oxygen atoms in total. The van der Waals surface area contributed by atoms with E-state index in [-0.39, 0.29) is 16.7 Å². The van der Waals surface area contributed by atoms with Crippen molar-refractivity contribution in [1.82, 2.24) is 10.2 Å². The first-order valence-electron chi connectivity index (χ1n) is 6.37. The van der Waals surface area contributed by atoms with E-state index in [2.05, 4.69) is 17.9 Å². The smallest absolute Gasteiger partial charge is 0.253 e. The lowest BCUT2D eigenvalue weighted by molar-refractivity contribution is -0.128. The van der Waals surface area contributed by atoms with Crippen LogP contribution in [-0.4, -0.2) is 36.9 Å². The second-order valence-corrected chi connectivity index (χ2v) is 5.76. The van der Waals surface area contributed by atoms with Gasteiger partial charge in [0.25, 0.3) is 5.91 Å². The Morgan fingerprint density at radius 1 is 1.45 bits per heavy atom. The molecule has 0 aromatic heterocycles. The number of thiol groups is 1. The third kappa shape index (κ3) is 2.65. The van der Waals surface area contributed by atoms with Crippen molar-refractivity contribution in [1.29, 1.82) is 0 Å². The number of rotatable bonds is 2. The number of nitrogens with one attached hydrogen (secondary N) is 1. The summed E-state index contributed by atoms with van der Waals surface area (Å²) in [6, 6.07) is 4.08. The lowest BCUT2D eigenvalue weighted by Gasteiger charge is -2.22. The number of hydrogen-bond acceptors (Lipinski definition) is 3. The Balaban J connectivity index is 2.15. The Kier molecular flexibility index (Phi) is 4.04. The van der Waals surface area contributed by atoms with Crippen LogP contribution in [0.4, 0.5) is 4.39 Å². The van der Waals surface area contributed by atoms with Crippen molar-refractivity contribution < 1.29 is 14.0 Å². The van der Waals surface area contributed by atoms with Crippen molar-refractivity contribution in [3.8, 4) is 0 Å². The SMILES string of the molecule is CNC(=O)C1(C)CCN(C(=O)c2ccc(F)c(S)c2)C1. The highest BCUT2D eigenvalue weighted by Gasteiger charge is 2.41. The van der Waals surface area contributed by atoms with E-state index < -0.39 is 11.2 Å². The molecule has 1 saturated heterocycles. The first-order chi connectivity index (χ1) is 9.37. The van der Waals surface area contributed by atoms with Crippen LogP contribution >= 0.6 is 12.6 Å². The van der Waals surface area contributed by atoms with Crippen LogP contribution in [-0.2, 0) is 4.79 Å². The van der Waals surface area contributed by atoms with Gasteiger partial charge in [0.15, 0.2) is 0 Å².